The predicted octanol–water partition coefficient (Wildman–Crippen LogP) is 3.78. The highest BCUT2D eigenvalue weighted by Gasteiger charge is 2.28. The van der Waals surface area contributed by atoms with E-state index in [0.717, 1.165) is 19.5 Å². The molecule has 2 unspecified atom stereocenters. The predicted molar refractivity (Wildman–Crippen MR) is 78.3 cm³/mol. The topological polar surface area (TPSA) is 21.3 Å². The van der Waals surface area contributed by atoms with Gasteiger partial charge in [0, 0.05) is 22.8 Å². The maximum Gasteiger partial charge on any atom is 0.104 e. The molecule has 0 aromatic carbocycles. The molecule has 1 N–H and O–H groups in total. The van der Waals surface area contributed by atoms with Crippen molar-refractivity contribution in [1.29, 1.82) is 0 Å². The summed E-state index contributed by atoms with van der Waals surface area (Å²) in [5, 5.41) is 3.54. The Morgan fingerprint density at radius 1 is 1.28 bits per heavy atom. The number of thiophene rings is 1. The van der Waals surface area contributed by atoms with Gasteiger partial charge in [-0.05, 0) is 24.5 Å². The van der Waals surface area contributed by atoms with E-state index < -0.39 is 0 Å². The van der Waals surface area contributed by atoms with Crippen molar-refractivity contribution in [2.24, 2.45) is 5.92 Å². The number of nitrogens with one attached hydrogen (secondary N) is 1. The fourth-order valence-corrected chi connectivity index (χ4v) is 3.67. The van der Waals surface area contributed by atoms with Crippen LogP contribution in [0.2, 0.25) is 0 Å². The van der Waals surface area contributed by atoms with Crippen LogP contribution in [0.4, 0.5) is 0 Å². The van der Waals surface area contributed by atoms with E-state index in [1.165, 1.54) is 22.6 Å². The summed E-state index contributed by atoms with van der Waals surface area (Å²) in [7, 11) is 0. The van der Waals surface area contributed by atoms with Gasteiger partial charge >= 0.3 is 0 Å². The number of ether oxygens (including phenoxy) is 1. The first-order valence-corrected chi connectivity index (χ1v) is 8.04. The zero-order valence-electron chi connectivity index (χ0n) is 11.7. The molecule has 0 aliphatic carbocycles. The normalized spacial score (nSPS) is 24.7. The summed E-state index contributed by atoms with van der Waals surface area (Å²) in [6, 6.07) is 4.48. The second-order valence-electron chi connectivity index (χ2n) is 5.06. The van der Waals surface area contributed by atoms with E-state index in [9.17, 15) is 0 Å². The minimum absolute atomic E-state index is 0.259. The number of aryl methyl sites for hydroxylation is 1. The Kier molecular flexibility index (Phi) is 5.22. The molecule has 2 atom stereocenters. The van der Waals surface area contributed by atoms with Crippen molar-refractivity contribution in [1.82, 2.24) is 5.32 Å². The van der Waals surface area contributed by atoms with Crippen LogP contribution in [0.3, 0.4) is 0 Å². The summed E-state index contributed by atoms with van der Waals surface area (Å²) >= 11 is 1.90. The molecule has 3 heteroatoms. The van der Waals surface area contributed by atoms with Gasteiger partial charge in [-0.1, -0.05) is 33.6 Å². The Balaban J connectivity index is 2.01. The molecule has 2 rings (SSSR count). The molecule has 102 valence electrons. The lowest BCUT2D eigenvalue weighted by Gasteiger charge is -2.34. The molecular weight excluding hydrogens is 242 g/mol. The van der Waals surface area contributed by atoms with Crippen LogP contribution in [0.25, 0.3) is 0 Å². The monoisotopic (exact) mass is 267 g/mol. The highest BCUT2D eigenvalue weighted by Crippen LogP contribution is 2.31. The molecule has 2 heterocycles. The van der Waals surface area contributed by atoms with Gasteiger partial charge in [0.15, 0.2) is 0 Å². The van der Waals surface area contributed by atoms with Crippen molar-refractivity contribution in [3.05, 3.63) is 21.9 Å². The van der Waals surface area contributed by atoms with Gasteiger partial charge in [0.1, 0.15) is 6.10 Å². The molecular formula is C15H25NOS. The van der Waals surface area contributed by atoms with Crippen LogP contribution in [-0.2, 0) is 11.2 Å². The van der Waals surface area contributed by atoms with Gasteiger partial charge in [-0.15, -0.1) is 11.3 Å². The lowest BCUT2D eigenvalue weighted by molar-refractivity contribution is -0.0673. The highest BCUT2D eigenvalue weighted by atomic mass is 32.1. The van der Waals surface area contributed by atoms with Crippen LogP contribution >= 0.6 is 11.3 Å². The first kappa shape index (κ1) is 14.0. The van der Waals surface area contributed by atoms with E-state index in [4.69, 9.17) is 4.74 Å². The Labute approximate surface area is 115 Å². The molecule has 1 aromatic heterocycles. The van der Waals surface area contributed by atoms with Gasteiger partial charge < -0.3 is 10.1 Å². The third kappa shape index (κ3) is 3.14. The number of hydrogen-bond donors (Lipinski definition) is 1. The lowest BCUT2D eigenvalue weighted by Crippen LogP contribution is -2.43. The van der Waals surface area contributed by atoms with Gasteiger partial charge in [0.25, 0.3) is 0 Å². The first-order chi connectivity index (χ1) is 8.78. The van der Waals surface area contributed by atoms with Crippen molar-refractivity contribution in [2.45, 2.75) is 52.2 Å². The maximum atomic E-state index is 6.32. The lowest BCUT2D eigenvalue weighted by atomic mass is 9.95. The van der Waals surface area contributed by atoms with Crippen LogP contribution in [-0.4, -0.2) is 19.2 Å². The zero-order valence-corrected chi connectivity index (χ0v) is 12.6. The average molecular weight is 267 g/mol. The first-order valence-electron chi connectivity index (χ1n) is 7.23. The molecule has 1 aliphatic rings. The Bertz CT molecular complexity index is 359. The summed E-state index contributed by atoms with van der Waals surface area (Å²) < 4.78 is 6.32. The van der Waals surface area contributed by atoms with Crippen molar-refractivity contribution < 1.29 is 4.74 Å². The van der Waals surface area contributed by atoms with E-state index in [0.29, 0.717) is 12.0 Å². The molecule has 0 spiro atoms. The highest BCUT2D eigenvalue weighted by molar-refractivity contribution is 7.12. The molecule has 1 aromatic rings. The fraction of sp³-hybridized carbons (Fsp3) is 0.733. The van der Waals surface area contributed by atoms with Crippen molar-refractivity contribution >= 4 is 11.3 Å². The van der Waals surface area contributed by atoms with Crippen molar-refractivity contribution in [3.8, 4) is 0 Å². The van der Waals surface area contributed by atoms with E-state index >= 15 is 0 Å². The molecule has 0 amide bonds. The summed E-state index contributed by atoms with van der Waals surface area (Å²) in [5.74, 6) is 0.686. The number of hydrogen-bond acceptors (Lipinski definition) is 3. The Morgan fingerprint density at radius 3 is 2.67 bits per heavy atom. The fourth-order valence-electron chi connectivity index (χ4n) is 2.68. The van der Waals surface area contributed by atoms with Gasteiger partial charge in [-0.25, -0.2) is 0 Å². The molecule has 0 bridgehead atoms. The number of rotatable bonds is 5. The molecule has 1 fully saturated rings. The summed E-state index contributed by atoms with van der Waals surface area (Å²) in [4.78, 5) is 2.84. The second kappa shape index (κ2) is 6.69. The average Bonchev–Trinajstić information content (AvgIpc) is 2.89. The second-order valence-corrected chi connectivity index (χ2v) is 6.26. The smallest absolute Gasteiger partial charge is 0.104 e. The van der Waals surface area contributed by atoms with Gasteiger partial charge in [0.2, 0.25) is 0 Å². The van der Waals surface area contributed by atoms with E-state index in [2.05, 4.69) is 38.2 Å². The minimum Gasteiger partial charge on any atom is -0.367 e. The Hall–Kier alpha value is -0.380. The van der Waals surface area contributed by atoms with E-state index in [-0.39, 0.29) is 6.10 Å². The molecule has 2 nitrogen and oxygen atoms in total. The minimum atomic E-state index is 0.259. The SMILES string of the molecule is CCc1ccc(C2CNCC(C(CC)CC)O2)s1. The van der Waals surface area contributed by atoms with Crippen LogP contribution in [0, 0.1) is 5.92 Å². The van der Waals surface area contributed by atoms with Crippen molar-refractivity contribution in [3.63, 3.8) is 0 Å². The third-order valence-corrected chi connectivity index (χ3v) is 5.26. The molecule has 1 saturated heterocycles. The van der Waals surface area contributed by atoms with Crippen LogP contribution in [0.15, 0.2) is 12.1 Å². The largest absolute Gasteiger partial charge is 0.367 e. The Morgan fingerprint density at radius 2 is 2.06 bits per heavy atom. The van der Waals surface area contributed by atoms with E-state index in [1.54, 1.807) is 0 Å². The third-order valence-electron chi connectivity index (χ3n) is 3.94. The maximum absolute atomic E-state index is 6.32. The van der Waals surface area contributed by atoms with Gasteiger partial charge in [-0.3, -0.25) is 0 Å². The van der Waals surface area contributed by atoms with Gasteiger partial charge in [-0.2, -0.15) is 0 Å². The summed E-state index contributed by atoms with van der Waals surface area (Å²) in [6.45, 7) is 8.71. The van der Waals surface area contributed by atoms with Crippen LogP contribution < -0.4 is 5.32 Å². The molecule has 18 heavy (non-hydrogen) atoms. The van der Waals surface area contributed by atoms with E-state index in [1.807, 2.05) is 11.3 Å². The van der Waals surface area contributed by atoms with Gasteiger partial charge in [0.05, 0.1) is 6.10 Å². The number of morpholine rings is 1. The quantitative estimate of drug-likeness (QED) is 0.876. The summed E-state index contributed by atoms with van der Waals surface area (Å²) in [5.41, 5.74) is 0. The van der Waals surface area contributed by atoms with Crippen LogP contribution in [0.1, 0.15) is 49.5 Å². The molecule has 0 saturated carbocycles. The van der Waals surface area contributed by atoms with Crippen LogP contribution in [0.5, 0.6) is 0 Å². The molecule has 1 aliphatic heterocycles. The zero-order chi connectivity index (χ0) is 13.0. The van der Waals surface area contributed by atoms with Crippen molar-refractivity contribution in [2.75, 3.05) is 13.1 Å². The standard InChI is InChI=1S/C15H25NOS/c1-4-11(5-2)13-9-16-10-14(17-13)15-8-7-12(6-3)18-15/h7-8,11,13-14,16H,4-6,9-10H2,1-3H3. The molecule has 0 radical (unpaired) electrons. The summed E-state index contributed by atoms with van der Waals surface area (Å²) in [6.07, 6.45) is 4.18.